The van der Waals surface area contributed by atoms with Crippen molar-refractivity contribution in [3.8, 4) is 0 Å². The van der Waals surface area contributed by atoms with E-state index in [-0.39, 0.29) is 16.4 Å². The zero-order valence-corrected chi connectivity index (χ0v) is 24.6. The van der Waals surface area contributed by atoms with Gasteiger partial charge in [0.15, 0.2) is 0 Å². The van der Waals surface area contributed by atoms with Crippen molar-refractivity contribution in [2.45, 2.75) is 115 Å². The van der Waals surface area contributed by atoms with Crippen molar-refractivity contribution in [3.05, 3.63) is 95.1 Å². The average molecular weight is 516 g/mol. The van der Waals surface area contributed by atoms with E-state index in [1.54, 1.807) is 0 Å². The number of carboxylic acid groups (broad SMARTS) is 1. The van der Waals surface area contributed by atoms with E-state index in [0.29, 0.717) is 12.8 Å². The Bertz CT molecular complexity index is 1180. The summed E-state index contributed by atoms with van der Waals surface area (Å²) in [5.74, 6) is -0.718. The van der Waals surface area contributed by atoms with Crippen LogP contribution in [0, 0.1) is 0 Å². The smallest absolute Gasteiger partial charge is 0.314 e. The third-order valence-corrected chi connectivity index (χ3v) is 8.40. The van der Waals surface area contributed by atoms with E-state index in [4.69, 9.17) is 5.73 Å². The molecule has 2 aromatic carbocycles. The van der Waals surface area contributed by atoms with Gasteiger partial charge < -0.3 is 10.8 Å². The van der Waals surface area contributed by atoms with Crippen LogP contribution in [0.25, 0.3) is 0 Å². The predicted molar refractivity (Wildman–Crippen MR) is 161 cm³/mol. The zero-order chi connectivity index (χ0) is 28.4. The SMILES string of the molecule is C=C1CCCC(C(=O)O)(c2cccc(C(C)(C)C)c2)C1.C=C1CCCC(N)(c2cccc(C(C)(C)C)c2)C1. The molecule has 206 valence electrons. The van der Waals surface area contributed by atoms with E-state index in [0.717, 1.165) is 49.7 Å². The molecule has 2 fully saturated rings. The van der Waals surface area contributed by atoms with Crippen molar-refractivity contribution in [2.75, 3.05) is 0 Å². The van der Waals surface area contributed by atoms with Gasteiger partial charge in [0.1, 0.15) is 0 Å². The molecule has 0 heterocycles. The Balaban J connectivity index is 0.000000212. The second-order valence-corrected chi connectivity index (χ2v) is 13.8. The minimum absolute atomic E-state index is 0.0291. The highest BCUT2D eigenvalue weighted by Crippen LogP contribution is 2.43. The maximum Gasteiger partial charge on any atom is 0.314 e. The van der Waals surface area contributed by atoms with Gasteiger partial charge in [-0.2, -0.15) is 0 Å². The first-order valence-electron chi connectivity index (χ1n) is 14.1. The summed E-state index contributed by atoms with van der Waals surface area (Å²) in [7, 11) is 0. The molecular formula is C35H49NO2. The van der Waals surface area contributed by atoms with Crippen molar-refractivity contribution in [1.29, 1.82) is 0 Å². The van der Waals surface area contributed by atoms with Crippen LogP contribution >= 0.6 is 0 Å². The topological polar surface area (TPSA) is 63.3 Å². The summed E-state index contributed by atoms with van der Waals surface area (Å²) < 4.78 is 0. The molecule has 3 heteroatoms. The number of hydrogen-bond acceptors (Lipinski definition) is 2. The Hall–Kier alpha value is -2.65. The van der Waals surface area contributed by atoms with Gasteiger partial charge in [0, 0.05) is 5.54 Å². The lowest BCUT2D eigenvalue weighted by molar-refractivity contribution is -0.144. The minimum atomic E-state index is -0.781. The van der Waals surface area contributed by atoms with Gasteiger partial charge in [-0.1, -0.05) is 114 Å². The number of carboxylic acids is 1. The van der Waals surface area contributed by atoms with E-state index in [1.165, 1.54) is 22.3 Å². The molecule has 0 bridgehead atoms. The monoisotopic (exact) mass is 515 g/mol. The van der Waals surface area contributed by atoms with E-state index in [2.05, 4.69) is 91.1 Å². The Labute approximate surface area is 231 Å². The summed E-state index contributed by atoms with van der Waals surface area (Å²) in [6, 6.07) is 16.9. The van der Waals surface area contributed by atoms with E-state index in [9.17, 15) is 9.90 Å². The summed E-state index contributed by atoms with van der Waals surface area (Å²) in [5, 5.41) is 9.81. The third kappa shape index (κ3) is 6.86. The fourth-order valence-corrected chi connectivity index (χ4v) is 5.90. The standard InChI is InChI=1S/C18H24O2.C17H25N/c1-13-7-6-10-18(12-13,16(19)20)15-9-5-8-14(11-15)17(2,3)4;1-13-7-6-10-17(18,12-13)15-9-5-8-14(11-15)16(2,3)4/h5,8-9,11H,1,6-7,10,12H2,2-4H3,(H,19,20);5,8-9,11H,1,6-7,10,12,18H2,2-4H3. The molecule has 2 saturated carbocycles. The van der Waals surface area contributed by atoms with Crippen LogP contribution in [0.15, 0.2) is 72.8 Å². The summed E-state index contributed by atoms with van der Waals surface area (Å²) >= 11 is 0. The van der Waals surface area contributed by atoms with E-state index in [1.807, 2.05) is 12.1 Å². The first kappa shape index (κ1) is 29.9. The van der Waals surface area contributed by atoms with Crippen LogP contribution in [0.3, 0.4) is 0 Å². The lowest BCUT2D eigenvalue weighted by atomic mass is 9.67. The molecule has 0 spiro atoms. The molecule has 0 aliphatic heterocycles. The van der Waals surface area contributed by atoms with Crippen LogP contribution in [0.1, 0.15) is 115 Å². The molecule has 2 atom stereocenters. The van der Waals surface area contributed by atoms with Gasteiger partial charge in [-0.05, 0) is 84.5 Å². The lowest BCUT2D eigenvalue weighted by Crippen LogP contribution is -2.39. The molecular weight excluding hydrogens is 466 g/mol. The van der Waals surface area contributed by atoms with Crippen molar-refractivity contribution in [3.63, 3.8) is 0 Å². The highest BCUT2D eigenvalue weighted by atomic mass is 16.4. The fourth-order valence-electron chi connectivity index (χ4n) is 5.90. The second-order valence-electron chi connectivity index (χ2n) is 13.8. The number of aliphatic carboxylic acids is 1. The molecule has 0 saturated heterocycles. The van der Waals surface area contributed by atoms with Crippen LogP contribution in [0.5, 0.6) is 0 Å². The molecule has 0 radical (unpaired) electrons. The molecule has 2 aliphatic carbocycles. The Kier molecular flexibility index (Phi) is 8.83. The number of allylic oxidation sites excluding steroid dienone is 1. The van der Waals surface area contributed by atoms with Crippen LogP contribution in [-0.4, -0.2) is 11.1 Å². The molecule has 0 amide bonds. The largest absolute Gasteiger partial charge is 0.481 e. The number of benzene rings is 2. The van der Waals surface area contributed by atoms with Gasteiger partial charge in [-0.15, -0.1) is 0 Å². The molecule has 2 unspecified atom stereocenters. The van der Waals surface area contributed by atoms with Gasteiger partial charge in [-0.25, -0.2) is 0 Å². The minimum Gasteiger partial charge on any atom is -0.481 e. The first-order chi connectivity index (χ1) is 17.6. The van der Waals surface area contributed by atoms with Crippen LogP contribution < -0.4 is 5.73 Å². The van der Waals surface area contributed by atoms with Crippen LogP contribution in [0.2, 0.25) is 0 Å². The van der Waals surface area contributed by atoms with Crippen LogP contribution in [0.4, 0.5) is 0 Å². The van der Waals surface area contributed by atoms with Gasteiger partial charge in [-0.3, -0.25) is 4.79 Å². The van der Waals surface area contributed by atoms with Crippen molar-refractivity contribution < 1.29 is 9.90 Å². The Morgan fingerprint density at radius 2 is 1.26 bits per heavy atom. The molecule has 3 nitrogen and oxygen atoms in total. The molecule has 38 heavy (non-hydrogen) atoms. The Morgan fingerprint density at radius 3 is 1.74 bits per heavy atom. The first-order valence-corrected chi connectivity index (χ1v) is 14.1. The quantitative estimate of drug-likeness (QED) is 0.402. The predicted octanol–water partition coefficient (Wildman–Crippen LogP) is 8.71. The number of hydrogen-bond donors (Lipinski definition) is 2. The maximum absolute atomic E-state index is 11.9. The van der Waals surface area contributed by atoms with Gasteiger partial charge in [0.2, 0.25) is 0 Å². The van der Waals surface area contributed by atoms with Crippen LogP contribution in [-0.2, 0) is 26.6 Å². The zero-order valence-electron chi connectivity index (χ0n) is 24.6. The normalized spacial score (nSPS) is 24.4. The summed E-state index contributed by atoms with van der Waals surface area (Å²) in [4.78, 5) is 11.9. The highest BCUT2D eigenvalue weighted by Gasteiger charge is 2.42. The molecule has 4 rings (SSSR count). The number of rotatable bonds is 3. The molecule has 3 N–H and O–H groups in total. The molecule has 0 aromatic heterocycles. The summed E-state index contributed by atoms with van der Waals surface area (Å²) in [6.07, 6.45) is 7.43. The number of nitrogens with two attached hydrogens (primary N) is 1. The number of carbonyl (C=O) groups is 1. The van der Waals surface area contributed by atoms with Crippen molar-refractivity contribution >= 4 is 5.97 Å². The van der Waals surface area contributed by atoms with Crippen molar-refractivity contribution in [2.24, 2.45) is 5.73 Å². The highest BCUT2D eigenvalue weighted by molar-refractivity contribution is 5.82. The van der Waals surface area contributed by atoms with Gasteiger partial charge >= 0.3 is 5.97 Å². The van der Waals surface area contributed by atoms with Gasteiger partial charge in [0.05, 0.1) is 5.41 Å². The van der Waals surface area contributed by atoms with E-state index >= 15 is 0 Å². The van der Waals surface area contributed by atoms with Crippen molar-refractivity contribution in [1.82, 2.24) is 0 Å². The average Bonchev–Trinajstić information content (AvgIpc) is 2.83. The summed E-state index contributed by atoms with van der Waals surface area (Å²) in [5.41, 5.74) is 13.0. The lowest BCUT2D eigenvalue weighted by Gasteiger charge is -2.36. The third-order valence-electron chi connectivity index (χ3n) is 8.40. The maximum atomic E-state index is 11.9. The summed E-state index contributed by atoms with van der Waals surface area (Å²) in [6.45, 7) is 21.3. The second kappa shape index (κ2) is 11.2. The fraction of sp³-hybridized carbons (Fsp3) is 0.514. The van der Waals surface area contributed by atoms with E-state index < -0.39 is 11.4 Å². The Morgan fingerprint density at radius 1 is 0.789 bits per heavy atom. The molecule has 2 aromatic rings. The van der Waals surface area contributed by atoms with Gasteiger partial charge in [0.25, 0.3) is 0 Å². The molecule has 2 aliphatic rings.